The number of allylic oxidation sites excluding steroid dienone is 1. The summed E-state index contributed by atoms with van der Waals surface area (Å²) in [6, 6.07) is 0. The highest BCUT2D eigenvalue weighted by Crippen LogP contribution is 2.20. The molecule has 0 fully saturated rings. The Morgan fingerprint density at radius 1 is 1.36 bits per heavy atom. The molecular formula is C9H18O2. The van der Waals surface area contributed by atoms with Crippen molar-refractivity contribution in [3.05, 3.63) is 12.2 Å². The van der Waals surface area contributed by atoms with E-state index in [-0.39, 0.29) is 0 Å². The molecule has 0 aromatic rings. The second-order valence-corrected chi connectivity index (χ2v) is 2.78. The maximum Gasteiger partial charge on any atom is 0.101 e. The molecule has 0 aromatic heterocycles. The zero-order valence-electron chi connectivity index (χ0n) is 7.54. The van der Waals surface area contributed by atoms with Gasteiger partial charge in [-0.25, -0.2) is 0 Å². The van der Waals surface area contributed by atoms with E-state index in [2.05, 4.69) is 0 Å². The lowest BCUT2D eigenvalue weighted by atomic mass is 9.90. The Morgan fingerprint density at radius 2 is 1.82 bits per heavy atom. The topological polar surface area (TPSA) is 40.5 Å². The van der Waals surface area contributed by atoms with Gasteiger partial charge in [-0.2, -0.15) is 0 Å². The van der Waals surface area contributed by atoms with Crippen molar-refractivity contribution in [3.63, 3.8) is 0 Å². The van der Waals surface area contributed by atoms with Crippen molar-refractivity contribution in [1.82, 2.24) is 0 Å². The van der Waals surface area contributed by atoms with Crippen molar-refractivity contribution in [1.29, 1.82) is 0 Å². The molecule has 11 heavy (non-hydrogen) atoms. The summed E-state index contributed by atoms with van der Waals surface area (Å²) in [5, 5.41) is 19.2. The van der Waals surface area contributed by atoms with Gasteiger partial charge in [-0.15, -0.1) is 0 Å². The Morgan fingerprint density at radius 3 is 2.09 bits per heavy atom. The Hall–Kier alpha value is -0.340. The predicted molar refractivity (Wildman–Crippen MR) is 46.4 cm³/mol. The van der Waals surface area contributed by atoms with Crippen molar-refractivity contribution in [2.75, 3.05) is 0 Å². The third kappa shape index (κ3) is 2.64. The van der Waals surface area contributed by atoms with Crippen molar-refractivity contribution in [3.8, 4) is 0 Å². The molecule has 2 nitrogen and oxygen atoms in total. The number of aliphatic hydroxyl groups excluding tert-OH is 1. The number of aliphatic hydroxyl groups is 2. The number of hydrogen-bond acceptors (Lipinski definition) is 2. The second-order valence-electron chi connectivity index (χ2n) is 2.78. The summed E-state index contributed by atoms with van der Waals surface area (Å²) < 4.78 is 0. The van der Waals surface area contributed by atoms with Gasteiger partial charge in [0.2, 0.25) is 0 Å². The van der Waals surface area contributed by atoms with Gasteiger partial charge in [-0.3, -0.25) is 0 Å². The molecule has 1 atom stereocenters. The van der Waals surface area contributed by atoms with Crippen LogP contribution in [0.25, 0.3) is 0 Å². The van der Waals surface area contributed by atoms with Gasteiger partial charge >= 0.3 is 0 Å². The van der Waals surface area contributed by atoms with Crippen LogP contribution < -0.4 is 0 Å². The van der Waals surface area contributed by atoms with Crippen LogP contribution in [0.1, 0.15) is 33.6 Å². The molecule has 0 amide bonds. The standard InChI is InChI=1S/C9H18O2/c1-4-7-8(10)9(11,5-2)6-3/h4,7-8,10-11H,5-6H2,1-3H3. The van der Waals surface area contributed by atoms with Gasteiger partial charge in [0.1, 0.15) is 6.10 Å². The van der Waals surface area contributed by atoms with Crippen LogP contribution in [0, 0.1) is 0 Å². The molecule has 0 aliphatic rings. The fourth-order valence-electron chi connectivity index (χ4n) is 1.03. The SMILES string of the molecule is CC=CC(O)C(O)(CC)CC. The molecule has 0 aliphatic carbocycles. The van der Waals surface area contributed by atoms with Gasteiger partial charge in [-0.05, 0) is 19.8 Å². The molecule has 0 saturated carbocycles. The summed E-state index contributed by atoms with van der Waals surface area (Å²) in [5.74, 6) is 0. The molecule has 66 valence electrons. The Kier molecular flexibility index (Phi) is 4.38. The Bertz CT molecular complexity index is 126. The normalized spacial score (nSPS) is 15.7. The van der Waals surface area contributed by atoms with Crippen LogP contribution in [-0.2, 0) is 0 Å². The molecule has 0 aromatic carbocycles. The monoisotopic (exact) mass is 158 g/mol. The van der Waals surface area contributed by atoms with Crippen molar-refractivity contribution < 1.29 is 10.2 Å². The summed E-state index contributed by atoms with van der Waals surface area (Å²) in [6.07, 6.45) is 3.79. The van der Waals surface area contributed by atoms with E-state index >= 15 is 0 Å². The first-order chi connectivity index (χ1) is 5.10. The van der Waals surface area contributed by atoms with Crippen molar-refractivity contribution >= 4 is 0 Å². The quantitative estimate of drug-likeness (QED) is 0.608. The molecule has 0 saturated heterocycles. The van der Waals surface area contributed by atoms with E-state index in [1.165, 1.54) is 0 Å². The first-order valence-electron chi connectivity index (χ1n) is 4.14. The van der Waals surface area contributed by atoms with Gasteiger partial charge in [0.15, 0.2) is 0 Å². The van der Waals surface area contributed by atoms with E-state index in [4.69, 9.17) is 0 Å². The van der Waals surface area contributed by atoms with Crippen molar-refractivity contribution in [2.45, 2.75) is 45.3 Å². The Labute approximate surface area is 68.6 Å². The lowest BCUT2D eigenvalue weighted by Crippen LogP contribution is -2.39. The summed E-state index contributed by atoms with van der Waals surface area (Å²) >= 11 is 0. The van der Waals surface area contributed by atoms with Crippen LogP contribution in [-0.4, -0.2) is 21.9 Å². The van der Waals surface area contributed by atoms with Crippen LogP contribution in [0.4, 0.5) is 0 Å². The van der Waals surface area contributed by atoms with Crippen LogP contribution in [0.2, 0.25) is 0 Å². The largest absolute Gasteiger partial charge is 0.387 e. The molecule has 0 bridgehead atoms. The van der Waals surface area contributed by atoms with Gasteiger partial charge < -0.3 is 10.2 Å². The number of hydrogen-bond donors (Lipinski definition) is 2. The minimum absolute atomic E-state index is 0.578. The third-order valence-electron chi connectivity index (χ3n) is 2.15. The third-order valence-corrected chi connectivity index (χ3v) is 2.15. The van der Waals surface area contributed by atoms with E-state index in [0.29, 0.717) is 12.8 Å². The smallest absolute Gasteiger partial charge is 0.101 e. The summed E-state index contributed by atoms with van der Waals surface area (Å²) in [5.41, 5.74) is -0.938. The minimum Gasteiger partial charge on any atom is -0.387 e. The van der Waals surface area contributed by atoms with Crippen LogP contribution in [0.15, 0.2) is 12.2 Å². The van der Waals surface area contributed by atoms with E-state index in [9.17, 15) is 10.2 Å². The molecule has 0 rings (SSSR count). The summed E-state index contributed by atoms with van der Waals surface area (Å²) in [6.45, 7) is 5.57. The maximum absolute atomic E-state index is 9.73. The highest BCUT2D eigenvalue weighted by atomic mass is 16.3. The fourth-order valence-corrected chi connectivity index (χ4v) is 1.03. The first kappa shape index (κ1) is 10.7. The summed E-state index contributed by atoms with van der Waals surface area (Å²) in [7, 11) is 0. The average Bonchev–Trinajstić information content (AvgIpc) is 2.03. The minimum atomic E-state index is -0.938. The van der Waals surface area contributed by atoms with Gasteiger partial charge in [0.05, 0.1) is 5.60 Å². The lowest BCUT2D eigenvalue weighted by molar-refractivity contribution is -0.0573. The molecule has 0 radical (unpaired) electrons. The van der Waals surface area contributed by atoms with E-state index in [0.717, 1.165) is 0 Å². The molecule has 1 unspecified atom stereocenters. The molecular weight excluding hydrogens is 140 g/mol. The Balaban J connectivity index is 4.23. The lowest BCUT2D eigenvalue weighted by Gasteiger charge is -2.28. The fraction of sp³-hybridized carbons (Fsp3) is 0.778. The predicted octanol–water partition coefficient (Wildman–Crippen LogP) is 1.47. The zero-order chi connectivity index (χ0) is 8.91. The highest BCUT2D eigenvalue weighted by molar-refractivity contribution is 4.97. The number of rotatable bonds is 4. The molecule has 0 aliphatic heterocycles. The van der Waals surface area contributed by atoms with Crippen LogP contribution >= 0.6 is 0 Å². The van der Waals surface area contributed by atoms with Crippen molar-refractivity contribution in [2.24, 2.45) is 0 Å². The molecule has 0 heterocycles. The van der Waals surface area contributed by atoms with E-state index in [1.807, 2.05) is 20.8 Å². The van der Waals surface area contributed by atoms with Gasteiger partial charge in [0, 0.05) is 0 Å². The average molecular weight is 158 g/mol. The maximum atomic E-state index is 9.73. The van der Waals surface area contributed by atoms with E-state index < -0.39 is 11.7 Å². The summed E-state index contributed by atoms with van der Waals surface area (Å²) in [4.78, 5) is 0. The van der Waals surface area contributed by atoms with Crippen LogP contribution in [0.3, 0.4) is 0 Å². The molecule has 2 heteroatoms. The van der Waals surface area contributed by atoms with Gasteiger partial charge in [-0.1, -0.05) is 26.0 Å². The first-order valence-corrected chi connectivity index (χ1v) is 4.14. The highest BCUT2D eigenvalue weighted by Gasteiger charge is 2.29. The second kappa shape index (κ2) is 4.52. The van der Waals surface area contributed by atoms with Gasteiger partial charge in [0.25, 0.3) is 0 Å². The van der Waals surface area contributed by atoms with Crippen LogP contribution in [0.5, 0.6) is 0 Å². The molecule has 0 spiro atoms. The zero-order valence-corrected chi connectivity index (χ0v) is 7.54. The van der Waals surface area contributed by atoms with E-state index in [1.54, 1.807) is 12.2 Å². The molecule has 2 N–H and O–H groups in total.